The van der Waals surface area contributed by atoms with E-state index in [1.165, 1.54) is 54.9 Å². The number of hydrogen-bond acceptors (Lipinski definition) is 1. The first-order valence-electron chi connectivity index (χ1n) is 15.4. The fourth-order valence-electron chi connectivity index (χ4n) is 6.48. The lowest BCUT2D eigenvalue weighted by Gasteiger charge is -2.28. The van der Waals surface area contributed by atoms with Crippen LogP contribution in [0.3, 0.4) is 0 Å². The highest BCUT2D eigenvalue weighted by atomic mass is 15.1. The van der Waals surface area contributed by atoms with Crippen molar-refractivity contribution < 1.29 is 0 Å². The summed E-state index contributed by atoms with van der Waals surface area (Å²) >= 11 is 0. The maximum absolute atomic E-state index is 2.41. The van der Waals surface area contributed by atoms with Gasteiger partial charge in [0.2, 0.25) is 0 Å². The van der Waals surface area contributed by atoms with Crippen molar-refractivity contribution in [1.82, 2.24) is 0 Å². The normalized spacial score (nSPS) is 11.1. The summed E-state index contributed by atoms with van der Waals surface area (Å²) in [6, 6.07) is 67.6. The molecule has 0 aliphatic heterocycles. The lowest BCUT2D eigenvalue weighted by molar-refractivity contribution is 1.30. The quantitative estimate of drug-likeness (QED) is 0.179. The van der Waals surface area contributed by atoms with Crippen molar-refractivity contribution in [3.8, 4) is 33.4 Å². The summed E-state index contributed by atoms with van der Waals surface area (Å²) in [5.74, 6) is 0. The molecule has 1 nitrogen and oxygen atoms in total. The zero-order chi connectivity index (χ0) is 30.0. The summed E-state index contributed by atoms with van der Waals surface area (Å²) in [5, 5.41) is 4.97. The molecule has 0 heterocycles. The molecule has 0 unspecified atom stereocenters. The maximum atomic E-state index is 2.41. The van der Waals surface area contributed by atoms with Gasteiger partial charge in [-0.25, -0.2) is 0 Å². The molecule has 45 heavy (non-hydrogen) atoms. The lowest BCUT2D eigenvalue weighted by atomic mass is 9.92. The SMILES string of the molecule is c1ccc(-c2ccc(-c3ccc(N(c4ccccc4)c4cc5ccccc5c5ccccc45)cc3-c3ccccc3)cc2)cc1. The predicted molar refractivity (Wildman–Crippen MR) is 192 cm³/mol. The van der Waals surface area contributed by atoms with Crippen LogP contribution in [-0.4, -0.2) is 0 Å². The third kappa shape index (κ3) is 5.05. The molecule has 0 N–H and O–H groups in total. The summed E-state index contributed by atoms with van der Waals surface area (Å²) in [6.45, 7) is 0. The van der Waals surface area contributed by atoms with Gasteiger partial charge in [0.15, 0.2) is 0 Å². The van der Waals surface area contributed by atoms with Gasteiger partial charge in [-0.3, -0.25) is 0 Å². The molecule has 0 saturated carbocycles. The molecule has 0 spiro atoms. The molecule has 0 saturated heterocycles. The zero-order valence-corrected chi connectivity index (χ0v) is 24.8. The van der Waals surface area contributed by atoms with Gasteiger partial charge in [-0.1, -0.05) is 158 Å². The van der Waals surface area contributed by atoms with Crippen LogP contribution >= 0.6 is 0 Å². The minimum absolute atomic E-state index is 1.12. The Labute approximate surface area is 264 Å². The van der Waals surface area contributed by atoms with Gasteiger partial charge in [0.1, 0.15) is 0 Å². The third-order valence-corrected chi connectivity index (χ3v) is 8.65. The average molecular weight is 574 g/mol. The van der Waals surface area contributed by atoms with Crippen molar-refractivity contribution >= 4 is 38.6 Å². The van der Waals surface area contributed by atoms with Crippen LogP contribution in [-0.2, 0) is 0 Å². The van der Waals surface area contributed by atoms with Crippen LogP contribution < -0.4 is 4.90 Å². The van der Waals surface area contributed by atoms with E-state index in [1.807, 2.05) is 0 Å². The molecule has 8 aromatic rings. The lowest BCUT2D eigenvalue weighted by Crippen LogP contribution is -2.11. The summed E-state index contributed by atoms with van der Waals surface area (Å²) in [5.41, 5.74) is 10.6. The first-order valence-corrected chi connectivity index (χ1v) is 15.4. The van der Waals surface area contributed by atoms with E-state index >= 15 is 0 Å². The van der Waals surface area contributed by atoms with Crippen LogP contribution in [0.15, 0.2) is 188 Å². The monoisotopic (exact) mass is 573 g/mol. The van der Waals surface area contributed by atoms with E-state index in [0.29, 0.717) is 0 Å². The minimum atomic E-state index is 1.12. The topological polar surface area (TPSA) is 3.24 Å². The average Bonchev–Trinajstić information content (AvgIpc) is 3.13. The smallest absolute Gasteiger partial charge is 0.0546 e. The molecule has 212 valence electrons. The molecule has 8 rings (SSSR count). The van der Waals surface area contributed by atoms with E-state index in [1.54, 1.807) is 0 Å². The Hall–Kier alpha value is -5.92. The van der Waals surface area contributed by atoms with E-state index < -0.39 is 0 Å². The predicted octanol–water partition coefficient (Wildman–Crippen LogP) is 12.5. The largest absolute Gasteiger partial charge is 0.310 e. The van der Waals surface area contributed by atoms with E-state index in [2.05, 4.69) is 193 Å². The van der Waals surface area contributed by atoms with Gasteiger partial charge in [-0.2, -0.15) is 0 Å². The highest BCUT2D eigenvalue weighted by Gasteiger charge is 2.19. The second-order valence-electron chi connectivity index (χ2n) is 11.4. The molecule has 0 fully saturated rings. The zero-order valence-electron chi connectivity index (χ0n) is 24.8. The fraction of sp³-hybridized carbons (Fsp3) is 0. The third-order valence-electron chi connectivity index (χ3n) is 8.65. The Morgan fingerprint density at radius 1 is 0.289 bits per heavy atom. The molecular weight excluding hydrogens is 542 g/mol. The maximum Gasteiger partial charge on any atom is 0.0546 e. The number of nitrogens with zero attached hydrogens (tertiary/aromatic N) is 1. The van der Waals surface area contributed by atoms with Crippen molar-refractivity contribution in [3.05, 3.63) is 188 Å². The van der Waals surface area contributed by atoms with Gasteiger partial charge in [0, 0.05) is 16.8 Å². The van der Waals surface area contributed by atoms with Crippen molar-refractivity contribution in [2.75, 3.05) is 4.90 Å². The van der Waals surface area contributed by atoms with Gasteiger partial charge in [0.05, 0.1) is 5.69 Å². The molecule has 0 aliphatic rings. The Morgan fingerprint density at radius 3 is 1.51 bits per heavy atom. The molecule has 0 bridgehead atoms. The molecule has 0 amide bonds. The van der Waals surface area contributed by atoms with E-state index in [0.717, 1.165) is 17.1 Å². The molecule has 0 atom stereocenters. The number of anilines is 3. The van der Waals surface area contributed by atoms with E-state index in [4.69, 9.17) is 0 Å². The Balaban J connectivity index is 1.34. The van der Waals surface area contributed by atoms with Crippen LogP contribution in [0.5, 0.6) is 0 Å². The Bertz CT molecular complexity index is 2240. The number of rotatable bonds is 6. The number of hydrogen-bond donors (Lipinski definition) is 0. The summed E-state index contributed by atoms with van der Waals surface area (Å²) in [6.07, 6.45) is 0. The van der Waals surface area contributed by atoms with Gasteiger partial charge < -0.3 is 4.90 Å². The highest BCUT2D eigenvalue weighted by molar-refractivity contribution is 6.14. The molecule has 1 heteroatoms. The molecular formula is C44H31N. The second kappa shape index (κ2) is 11.6. The number of para-hydroxylation sites is 1. The summed E-state index contributed by atoms with van der Waals surface area (Å²) in [4.78, 5) is 2.41. The van der Waals surface area contributed by atoms with Gasteiger partial charge in [-0.05, 0) is 79.9 Å². The number of fused-ring (bicyclic) bond motifs is 3. The summed E-state index contributed by atoms with van der Waals surface area (Å²) < 4.78 is 0. The van der Waals surface area contributed by atoms with Crippen molar-refractivity contribution in [3.63, 3.8) is 0 Å². The van der Waals surface area contributed by atoms with Gasteiger partial charge in [0.25, 0.3) is 0 Å². The van der Waals surface area contributed by atoms with Gasteiger partial charge in [-0.15, -0.1) is 0 Å². The van der Waals surface area contributed by atoms with Crippen molar-refractivity contribution in [1.29, 1.82) is 0 Å². The standard InChI is InChI=1S/C44H31N/c1-4-14-32(15-5-1)33-24-26-35(27-25-33)40-29-28-38(31-43(40)34-16-6-2-7-17-34)45(37-19-8-3-9-20-37)44-30-36-18-10-11-21-39(36)41-22-12-13-23-42(41)44/h1-31H. The highest BCUT2D eigenvalue weighted by Crippen LogP contribution is 2.44. The van der Waals surface area contributed by atoms with Gasteiger partial charge >= 0.3 is 0 Å². The first kappa shape index (κ1) is 26.7. The van der Waals surface area contributed by atoms with Crippen molar-refractivity contribution in [2.24, 2.45) is 0 Å². The van der Waals surface area contributed by atoms with Crippen LogP contribution in [0, 0.1) is 0 Å². The fourth-order valence-corrected chi connectivity index (χ4v) is 6.48. The Morgan fingerprint density at radius 2 is 0.800 bits per heavy atom. The second-order valence-corrected chi connectivity index (χ2v) is 11.4. The van der Waals surface area contributed by atoms with Crippen molar-refractivity contribution in [2.45, 2.75) is 0 Å². The minimum Gasteiger partial charge on any atom is -0.310 e. The summed E-state index contributed by atoms with van der Waals surface area (Å²) in [7, 11) is 0. The van der Waals surface area contributed by atoms with Crippen LogP contribution in [0.1, 0.15) is 0 Å². The molecule has 0 aliphatic carbocycles. The Kier molecular flexibility index (Phi) is 6.90. The molecule has 0 aromatic heterocycles. The van der Waals surface area contributed by atoms with E-state index in [-0.39, 0.29) is 0 Å². The van der Waals surface area contributed by atoms with Crippen LogP contribution in [0.25, 0.3) is 54.9 Å². The first-order chi connectivity index (χ1) is 22.3. The van der Waals surface area contributed by atoms with Crippen LogP contribution in [0.4, 0.5) is 17.1 Å². The van der Waals surface area contributed by atoms with Crippen LogP contribution in [0.2, 0.25) is 0 Å². The number of benzene rings is 8. The van der Waals surface area contributed by atoms with E-state index in [9.17, 15) is 0 Å². The molecule has 0 radical (unpaired) electrons. The molecule has 8 aromatic carbocycles.